The highest BCUT2D eigenvalue weighted by Gasteiger charge is 2.21. The van der Waals surface area contributed by atoms with E-state index in [2.05, 4.69) is 26.1 Å². The normalized spacial score (nSPS) is 12.9. The molecule has 0 aromatic heterocycles. The Hall–Kier alpha value is -0.770. The Balaban J connectivity index is 3.24. The van der Waals surface area contributed by atoms with Crippen molar-refractivity contribution in [2.75, 3.05) is 72.6 Å². The van der Waals surface area contributed by atoms with Crippen molar-refractivity contribution in [2.24, 2.45) is 11.1 Å². The number of rotatable bonds is 18. The topological polar surface area (TPSA) is 101 Å². The summed E-state index contributed by atoms with van der Waals surface area (Å²) in [6.45, 7) is 13.9. The molecule has 8 nitrogen and oxygen atoms in total. The maximum Gasteiger partial charge on any atom is 0.222 e. The molecule has 0 saturated heterocycles. The van der Waals surface area contributed by atoms with E-state index >= 15 is 0 Å². The zero-order valence-corrected chi connectivity index (χ0v) is 17.6. The highest BCUT2D eigenvalue weighted by Crippen LogP contribution is 2.18. The molecule has 0 spiro atoms. The Morgan fingerprint density at radius 2 is 1.15 bits per heavy atom. The molecule has 0 unspecified atom stereocenters. The van der Waals surface area contributed by atoms with E-state index in [4.69, 9.17) is 29.4 Å². The molecule has 1 amide bonds. The molecule has 162 valence electrons. The standard InChI is InChI=1S/C19H40N2O6/c1-17(19(2,3)4)21-18(22)5-7-23-9-11-25-13-15-27-16-14-26-12-10-24-8-6-20/h17H,5-16,20H2,1-4H3,(H,21,22)/t17-/m0/s1. The summed E-state index contributed by atoms with van der Waals surface area (Å²) in [6.07, 6.45) is 0.362. The summed E-state index contributed by atoms with van der Waals surface area (Å²) in [5, 5.41) is 2.98. The number of ether oxygens (including phenoxy) is 5. The molecule has 0 aliphatic heterocycles. The van der Waals surface area contributed by atoms with E-state index in [-0.39, 0.29) is 17.4 Å². The smallest absolute Gasteiger partial charge is 0.222 e. The van der Waals surface area contributed by atoms with Gasteiger partial charge >= 0.3 is 0 Å². The molecule has 27 heavy (non-hydrogen) atoms. The molecule has 0 aromatic rings. The van der Waals surface area contributed by atoms with Gasteiger partial charge < -0.3 is 34.7 Å². The monoisotopic (exact) mass is 392 g/mol. The molecule has 0 aromatic carbocycles. The SMILES string of the molecule is C[C@H](NC(=O)CCOCCOCCOCCOCCOCCN)C(C)(C)C. The second-order valence-corrected chi connectivity index (χ2v) is 7.26. The second kappa shape index (κ2) is 17.3. The van der Waals surface area contributed by atoms with Gasteiger partial charge in [0.2, 0.25) is 5.91 Å². The van der Waals surface area contributed by atoms with E-state index in [1.165, 1.54) is 0 Å². The van der Waals surface area contributed by atoms with Crippen LogP contribution in [0.2, 0.25) is 0 Å². The van der Waals surface area contributed by atoms with Gasteiger partial charge in [0, 0.05) is 19.0 Å². The molecule has 0 aliphatic carbocycles. The molecule has 0 bridgehead atoms. The quantitative estimate of drug-likeness (QED) is 0.335. The molecule has 0 fully saturated rings. The van der Waals surface area contributed by atoms with Crippen LogP contribution in [0.3, 0.4) is 0 Å². The van der Waals surface area contributed by atoms with Crippen LogP contribution in [-0.2, 0) is 28.5 Å². The third kappa shape index (κ3) is 18.4. The van der Waals surface area contributed by atoms with Gasteiger partial charge in [-0.15, -0.1) is 0 Å². The molecule has 1 atom stereocenters. The predicted molar refractivity (Wildman–Crippen MR) is 105 cm³/mol. The van der Waals surface area contributed by atoms with E-state index in [0.29, 0.717) is 79.0 Å². The lowest BCUT2D eigenvalue weighted by Crippen LogP contribution is -2.41. The summed E-state index contributed by atoms with van der Waals surface area (Å²) in [7, 11) is 0. The van der Waals surface area contributed by atoms with Crippen LogP contribution in [0.15, 0.2) is 0 Å². The van der Waals surface area contributed by atoms with Crippen molar-refractivity contribution in [2.45, 2.75) is 40.2 Å². The molecule has 8 heteroatoms. The van der Waals surface area contributed by atoms with Crippen LogP contribution in [0.5, 0.6) is 0 Å². The first-order valence-electron chi connectivity index (χ1n) is 9.76. The highest BCUT2D eigenvalue weighted by molar-refractivity contribution is 5.76. The lowest BCUT2D eigenvalue weighted by atomic mass is 9.88. The Morgan fingerprint density at radius 3 is 1.52 bits per heavy atom. The van der Waals surface area contributed by atoms with Crippen molar-refractivity contribution in [3.63, 3.8) is 0 Å². The van der Waals surface area contributed by atoms with Crippen LogP contribution in [0.1, 0.15) is 34.1 Å². The van der Waals surface area contributed by atoms with Gasteiger partial charge in [-0.3, -0.25) is 4.79 Å². The van der Waals surface area contributed by atoms with Crippen molar-refractivity contribution in [1.82, 2.24) is 5.32 Å². The third-order valence-electron chi connectivity index (χ3n) is 3.90. The molecule has 0 saturated carbocycles. The van der Waals surface area contributed by atoms with Crippen molar-refractivity contribution in [1.29, 1.82) is 0 Å². The minimum absolute atomic E-state index is 0.0138. The molecule has 0 heterocycles. The molecule has 0 aliphatic rings. The van der Waals surface area contributed by atoms with Gasteiger partial charge in [-0.1, -0.05) is 20.8 Å². The average Bonchev–Trinajstić information content (AvgIpc) is 2.60. The molecular formula is C19H40N2O6. The summed E-state index contributed by atoms with van der Waals surface area (Å²) < 4.78 is 26.7. The largest absolute Gasteiger partial charge is 0.379 e. The maximum atomic E-state index is 11.8. The summed E-state index contributed by atoms with van der Waals surface area (Å²) in [5.74, 6) is 0.0138. The number of carbonyl (C=O) groups excluding carboxylic acids is 1. The number of hydrogen-bond donors (Lipinski definition) is 2. The molecule has 0 radical (unpaired) electrons. The fraction of sp³-hybridized carbons (Fsp3) is 0.947. The fourth-order valence-corrected chi connectivity index (χ4v) is 1.76. The second-order valence-electron chi connectivity index (χ2n) is 7.26. The van der Waals surface area contributed by atoms with E-state index in [1.54, 1.807) is 0 Å². The van der Waals surface area contributed by atoms with Crippen LogP contribution >= 0.6 is 0 Å². The van der Waals surface area contributed by atoms with Gasteiger partial charge in [-0.05, 0) is 12.3 Å². The lowest BCUT2D eigenvalue weighted by molar-refractivity contribution is -0.123. The maximum absolute atomic E-state index is 11.8. The molecule has 3 N–H and O–H groups in total. The van der Waals surface area contributed by atoms with Crippen LogP contribution in [0.4, 0.5) is 0 Å². The Bertz CT molecular complexity index is 350. The van der Waals surface area contributed by atoms with Gasteiger partial charge in [-0.25, -0.2) is 0 Å². The predicted octanol–water partition coefficient (Wildman–Crippen LogP) is 0.969. The zero-order valence-electron chi connectivity index (χ0n) is 17.6. The van der Waals surface area contributed by atoms with Crippen molar-refractivity contribution >= 4 is 5.91 Å². The summed E-state index contributed by atoms with van der Waals surface area (Å²) in [4.78, 5) is 11.8. The number of amides is 1. The van der Waals surface area contributed by atoms with Gasteiger partial charge in [0.1, 0.15) is 0 Å². The molecular weight excluding hydrogens is 352 g/mol. The first-order chi connectivity index (χ1) is 12.9. The van der Waals surface area contributed by atoms with Crippen LogP contribution in [-0.4, -0.2) is 84.6 Å². The zero-order chi connectivity index (χ0) is 20.4. The van der Waals surface area contributed by atoms with Crippen LogP contribution in [0, 0.1) is 5.41 Å². The van der Waals surface area contributed by atoms with Gasteiger partial charge in [0.05, 0.1) is 66.1 Å². The van der Waals surface area contributed by atoms with Crippen molar-refractivity contribution in [3.8, 4) is 0 Å². The van der Waals surface area contributed by atoms with E-state index < -0.39 is 0 Å². The number of hydrogen-bond acceptors (Lipinski definition) is 7. The highest BCUT2D eigenvalue weighted by atomic mass is 16.6. The number of nitrogens with one attached hydrogen (secondary N) is 1. The summed E-state index contributed by atoms with van der Waals surface area (Å²) in [5.41, 5.74) is 5.35. The van der Waals surface area contributed by atoms with Crippen molar-refractivity contribution in [3.05, 3.63) is 0 Å². The van der Waals surface area contributed by atoms with Crippen molar-refractivity contribution < 1.29 is 28.5 Å². The van der Waals surface area contributed by atoms with E-state index in [1.807, 2.05) is 6.92 Å². The summed E-state index contributed by atoms with van der Waals surface area (Å²) >= 11 is 0. The van der Waals surface area contributed by atoms with E-state index in [0.717, 1.165) is 0 Å². The minimum atomic E-state index is 0.0138. The Morgan fingerprint density at radius 1 is 0.778 bits per heavy atom. The number of nitrogens with two attached hydrogens (primary N) is 1. The lowest BCUT2D eigenvalue weighted by Gasteiger charge is -2.28. The fourth-order valence-electron chi connectivity index (χ4n) is 1.76. The van der Waals surface area contributed by atoms with Crippen LogP contribution in [0.25, 0.3) is 0 Å². The molecule has 0 rings (SSSR count). The Labute approximate surface area is 164 Å². The first-order valence-corrected chi connectivity index (χ1v) is 9.76. The van der Waals surface area contributed by atoms with Gasteiger partial charge in [-0.2, -0.15) is 0 Å². The third-order valence-corrected chi connectivity index (χ3v) is 3.90. The van der Waals surface area contributed by atoms with Gasteiger partial charge in [0.25, 0.3) is 0 Å². The number of carbonyl (C=O) groups is 1. The average molecular weight is 393 g/mol. The minimum Gasteiger partial charge on any atom is -0.379 e. The summed E-state index contributed by atoms with van der Waals surface area (Å²) in [6, 6.07) is 0.128. The van der Waals surface area contributed by atoms with Crippen LogP contribution < -0.4 is 11.1 Å². The Kier molecular flexibility index (Phi) is 16.8. The van der Waals surface area contributed by atoms with E-state index in [9.17, 15) is 4.79 Å². The van der Waals surface area contributed by atoms with Gasteiger partial charge in [0.15, 0.2) is 0 Å². The first kappa shape index (κ1) is 26.2.